The predicted molar refractivity (Wildman–Crippen MR) is 67.0 cm³/mol. The van der Waals surface area contributed by atoms with Crippen molar-refractivity contribution in [1.29, 1.82) is 0 Å². The molecule has 0 saturated heterocycles. The molecule has 2 aromatic rings. The fraction of sp³-hybridized carbons (Fsp3) is 0.0769. The van der Waals surface area contributed by atoms with Crippen LogP contribution in [0.4, 0.5) is 25.8 Å². The highest BCUT2D eigenvalue weighted by atomic mass is 19.1. The van der Waals surface area contributed by atoms with Gasteiger partial charge in [-0.2, -0.15) is 0 Å². The van der Waals surface area contributed by atoms with Gasteiger partial charge in [-0.1, -0.05) is 12.1 Å². The van der Waals surface area contributed by atoms with Gasteiger partial charge in [0.25, 0.3) is 0 Å². The number of anilines is 3. The first-order valence-corrected chi connectivity index (χ1v) is 5.26. The van der Waals surface area contributed by atoms with E-state index < -0.39 is 11.6 Å². The van der Waals surface area contributed by atoms with E-state index in [4.69, 9.17) is 10.5 Å². The number of halogens is 2. The van der Waals surface area contributed by atoms with Crippen LogP contribution in [0.5, 0.6) is 5.75 Å². The van der Waals surface area contributed by atoms with Gasteiger partial charge in [0.15, 0.2) is 11.6 Å². The molecule has 18 heavy (non-hydrogen) atoms. The van der Waals surface area contributed by atoms with E-state index >= 15 is 0 Å². The highest BCUT2D eigenvalue weighted by Crippen LogP contribution is 2.30. The van der Waals surface area contributed by atoms with Gasteiger partial charge in [0, 0.05) is 5.69 Å². The summed E-state index contributed by atoms with van der Waals surface area (Å²) in [7, 11) is 1.48. The van der Waals surface area contributed by atoms with Crippen molar-refractivity contribution in [2.75, 3.05) is 18.2 Å². The molecule has 0 aromatic heterocycles. The zero-order valence-electron chi connectivity index (χ0n) is 9.71. The third kappa shape index (κ3) is 2.34. The third-order valence-electron chi connectivity index (χ3n) is 2.43. The lowest BCUT2D eigenvalue weighted by molar-refractivity contribution is 0.416. The van der Waals surface area contributed by atoms with E-state index in [1.54, 1.807) is 24.3 Å². The zero-order valence-corrected chi connectivity index (χ0v) is 9.71. The molecule has 3 nitrogen and oxygen atoms in total. The molecule has 0 aliphatic heterocycles. The smallest absolute Gasteiger partial charge is 0.151 e. The first kappa shape index (κ1) is 12.2. The first-order chi connectivity index (χ1) is 8.61. The highest BCUT2D eigenvalue weighted by Gasteiger charge is 2.12. The SMILES string of the molecule is COc1ccccc1Nc1c(F)cc(N)cc1F. The molecule has 0 radical (unpaired) electrons. The Morgan fingerprint density at radius 2 is 1.72 bits per heavy atom. The van der Waals surface area contributed by atoms with Crippen LogP contribution in [0.1, 0.15) is 0 Å². The Kier molecular flexibility index (Phi) is 3.32. The molecule has 2 rings (SSSR count). The maximum Gasteiger partial charge on any atom is 0.151 e. The van der Waals surface area contributed by atoms with Crippen LogP contribution in [0.15, 0.2) is 36.4 Å². The Hall–Kier alpha value is -2.30. The minimum absolute atomic E-state index is 0.0376. The van der Waals surface area contributed by atoms with Gasteiger partial charge < -0.3 is 15.8 Å². The van der Waals surface area contributed by atoms with Gasteiger partial charge in [-0.3, -0.25) is 0 Å². The second-order valence-electron chi connectivity index (χ2n) is 3.68. The summed E-state index contributed by atoms with van der Waals surface area (Å²) in [5.41, 5.74) is 5.60. The Bertz CT molecular complexity index is 550. The van der Waals surface area contributed by atoms with Gasteiger partial charge in [-0.25, -0.2) is 8.78 Å². The second-order valence-corrected chi connectivity index (χ2v) is 3.68. The van der Waals surface area contributed by atoms with Crippen molar-refractivity contribution in [3.05, 3.63) is 48.0 Å². The summed E-state index contributed by atoms with van der Waals surface area (Å²) in [4.78, 5) is 0. The highest BCUT2D eigenvalue weighted by molar-refractivity contribution is 5.68. The number of rotatable bonds is 3. The van der Waals surface area contributed by atoms with E-state index in [0.29, 0.717) is 11.4 Å². The molecule has 0 bridgehead atoms. The van der Waals surface area contributed by atoms with Crippen LogP contribution < -0.4 is 15.8 Å². The number of benzene rings is 2. The molecule has 0 spiro atoms. The van der Waals surface area contributed by atoms with E-state index in [-0.39, 0.29) is 11.4 Å². The lowest BCUT2D eigenvalue weighted by Crippen LogP contribution is -2.01. The molecule has 0 amide bonds. The Labute approximate surface area is 103 Å². The Morgan fingerprint density at radius 1 is 1.11 bits per heavy atom. The molecule has 0 heterocycles. The number of para-hydroxylation sites is 2. The summed E-state index contributed by atoms with van der Waals surface area (Å²) >= 11 is 0. The monoisotopic (exact) mass is 250 g/mol. The molecular formula is C13H12F2N2O. The number of hydrogen-bond donors (Lipinski definition) is 2. The average Bonchev–Trinajstić information content (AvgIpc) is 2.34. The molecule has 0 aliphatic rings. The van der Waals surface area contributed by atoms with Crippen LogP contribution in [0.2, 0.25) is 0 Å². The molecule has 0 saturated carbocycles. The fourth-order valence-corrected chi connectivity index (χ4v) is 1.59. The second kappa shape index (κ2) is 4.91. The molecule has 0 unspecified atom stereocenters. The van der Waals surface area contributed by atoms with Crippen molar-refractivity contribution < 1.29 is 13.5 Å². The van der Waals surface area contributed by atoms with Crippen molar-refractivity contribution in [3.63, 3.8) is 0 Å². The molecule has 0 aliphatic carbocycles. The van der Waals surface area contributed by atoms with Crippen molar-refractivity contribution in [3.8, 4) is 5.75 Å². The van der Waals surface area contributed by atoms with Crippen LogP contribution in [0.25, 0.3) is 0 Å². The quantitative estimate of drug-likeness (QED) is 0.822. The van der Waals surface area contributed by atoms with Crippen LogP contribution >= 0.6 is 0 Å². The number of nitrogens with one attached hydrogen (secondary N) is 1. The molecule has 0 atom stereocenters. The van der Waals surface area contributed by atoms with E-state index in [2.05, 4.69) is 5.32 Å². The zero-order chi connectivity index (χ0) is 13.1. The molecule has 3 N–H and O–H groups in total. The summed E-state index contributed by atoms with van der Waals surface area (Å²) in [6.07, 6.45) is 0. The van der Waals surface area contributed by atoms with Gasteiger partial charge in [0.05, 0.1) is 12.8 Å². The van der Waals surface area contributed by atoms with Gasteiger partial charge in [-0.05, 0) is 24.3 Å². The average molecular weight is 250 g/mol. The summed E-state index contributed by atoms with van der Waals surface area (Å²) < 4.78 is 32.3. The first-order valence-electron chi connectivity index (χ1n) is 5.26. The normalized spacial score (nSPS) is 10.2. The van der Waals surface area contributed by atoms with Crippen LogP contribution in [-0.4, -0.2) is 7.11 Å². The van der Waals surface area contributed by atoms with Gasteiger partial charge in [0.2, 0.25) is 0 Å². The fourth-order valence-electron chi connectivity index (χ4n) is 1.59. The molecule has 94 valence electrons. The van der Waals surface area contributed by atoms with Crippen LogP contribution in [-0.2, 0) is 0 Å². The van der Waals surface area contributed by atoms with Gasteiger partial charge in [-0.15, -0.1) is 0 Å². The van der Waals surface area contributed by atoms with Crippen LogP contribution in [0.3, 0.4) is 0 Å². The maximum atomic E-state index is 13.6. The summed E-state index contributed by atoms with van der Waals surface area (Å²) in [6, 6.07) is 8.96. The molecular weight excluding hydrogens is 238 g/mol. The van der Waals surface area contributed by atoms with E-state index in [1.807, 2.05) is 0 Å². The Balaban J connectivity index is 2.40. The number of ether oxygens (including phenoxy) is 1. The molecule has 5 heteroatoms. The summed E-state index contributed by atoms with van der Waals surface area (Å²) in [5, 5.41) is 2.66. The maximum absolute atomic E-state index is 13.6. The number of methoxy groups -OCH3 is 1. The molecule has 0 fully saturated rings. The van der Waals surface area contributed by atoms with E-state index in [0.717, 1.165) is 12.1 Å². The number of nitrogens with two attached hydrogens (primary N) is 1. The standard InChI is InChI=1S/C13H12F2N2O/c1-18-12-5-3-2-4-11(12)17-13-9(14)6-8(16)7-10(13)15/h2-7,17H,16H2,1H3. The van der Waals surface area contributed by atoms with Crippen molar-refractivity contribution in [1.82, 2.24) is 0 Å². The minimum Gasteiger partial charge on any atom is -0.495 e. The lowest BCUT2D eigenvalue weighted by Gasteiger charge is -2.12. The summed E-state index contributed by atoms with van der Waals surface area (Å²) in [5.74, 6) is -1.01. The minimum atomic E-state index is -0.751. The number of hydrogen-bond acceptors (Lipinski definition) is 3. The Morgan fingerprint density at radius 3 is 2.33 bits per heavy atom. The largest absolute Gasteiger partial charge is 0.495 e. The van der Waals surface area contributed by atoms with Gasteiger partial charge in [0.1, 0.15) is 11.4 Å². The summed E-state index contributed by atoms with van der Waals surface area (Å²) in [6.45, 7) is 0. The van der Waals surface area contributed by atoms with Crippen LogP contribution in [0, 0.1) is 11.6 Å². The number of nitrogen functional groups attached to an aromatic ring is 1. The van der Waals surface area contributed by atoms with Crippen molar-refractivity contribution in [2.24, 2.45) is 0 Å². The lowest BCUT2D eigenvalue weighted by atomic mass is 10.2. The molecule has 2 aromatic carbocycles. The van der Waals surface area contributed by atoms with E-state index in [9.17, 15) is 8.78 Å². The predicted octanol–water partition coefficient (Wildman–Crippen LogP) is 3.30. The van der Waals surface area contributed by atoms with Gasteiger partial charge >= 0.3 is 0 Å². The van der Waals surface area contributed by atoms with E-state index in [1.165, 1.54) is 7.11 Å². The van der Waals surface area contributed by atoms with Crippen molar-refractivity contribution >= 4 is 17.1 Å². The third-order valence-corrected chi connectivity index (χ3v) is 2.43. The van der Waals surface area contributed by atoms with Crippen molar-refractivity contribution in [2.45, 2.75) is 0 Å². The topological polar surface area (TPSA) is 47.3 Å².